The van der Waals surface area contributed by atoms with Crippen molar-refractivity contribution in [3.05, 3.63) is 63.9 Å². The van der Waals surface area contributed by atoms with Crippen molar-refractivity contribution in [2.24, 2.45) is 0 Å². The molecule has 5 heteroatoms. The molecule has 0 saturated heterocycles. The third kappa shape index (κ3) is 4.49. The Kier molecular flexibility index (Phi) is 5.86. The SMILES string of the molecule is Cc1cccc(C)c1NC(=O)CSCc1ccc(Cl)cc1F. The van der Waals surface area contributed by atoms with Gasteiger partial charge in [0.25, 0.3) is 0 Å². The van der Waals surface area contributed by atoms with E-state index in [1.165, 1.54) is 17.8 Å². The minimum Gasteiger partial charge on any atom is -0.325 e. The maximum absolute atomic E-state index is 13.6. The lowest BCUT2D eigenvalue weighted by molar-refractivity contribution is -0.113. The van der Waals surface area contributed by atoms with Gasteiger partial charge < -0.3 is 5.32 Å². The zero-order valence-electron chi connectivity index (χ0n) is 12.5. The number of para-hydroxylation sites is 1. The highest BCUT2D eigenvalue weighted by Gasteiger charge is 2.09. The molecule has 116 valence electrons. The Hall–Kier alpha value is -1.52. The van der Waals surface area contributed by atoms with Gasteiger partial charge in [0.15, 0.2) is 0 Å². The maximum atomic E-state index is 13.6. The van der Waals surface area contributed by atoms with E-state index in [0.29, 0.717) is 16.3 Å². The fourth-order valence-corrected chi connectivity index (χ4v) is 3.05. The third-order valence-corrected chi connectivity index (χ3v) is 4.47. The monoisotopic (exact) mass is 337 g/mol. The normalized spacial score (nSPS) is 10.5. The van der Waals surface area contributed by atoms with Crippen molar-refractivity contribution >= 4 is 35.0 Å². The number of amides is 1. The Morgan fingerprint density at radius 2 is 1.91 bits per heavy atom. The molecule has 0 radical (unpaired) electrons. The Morgan fingerprint density at radius 3 is 2.55 bits per heavy atom. The highest BCUT2D eigenvalue weighted by atomic mass is 35.5. The first-order valence-corrected chi connectivity index (χ1v) is 8.38. The summed E-state index contributed by atoms with van der Waals surface area (Å²) in [4.78, 5) is 12.0. The lowest BCUT2D eigenvalue weighted by Gasteiger charge is -2.11. The minimum absolute atomic E-state index is 0.0863. The Morgan fingerprint density at radius 1 is 1.23 bits per heavy atom. The zero-order chi connectivity index (χ0) is 16.1. The predicted octanol–water partition coefficient (Wildman–Crippen LogP) is 4.97. The molecule has 0 unspecified atom stereocenters. The second-order valence-electron chi connectivity index (χ2n) is 5.04. The standard InChI is InChI=1S/C17H17ClFNOS/c1-11-4-3-5-12(2)17(11)20-16(21)10-22-9-13-6-7-14(18)8-15(13)19/h3-8H,9-10H2,1-2H3,(H,20,21). The molecule has 2 aromatic carbocycles. The van der Waals surface area contributed by atoms with Gasteiger partial charge in [0, 0.05) is 16.5 Å². The molecule has 0 fully saturated rings. The lowest BCUT2D eigenvalue weighted by Crippen LogP contribution is -2.16. The third-order valence-electron chi connectivity index (χ3n) is 3.25. The smallest absolute Gasteiger partial charge is 0.234 e. The Bertz CT molecular complexity index is 670. The molecular weight excluding hydrogens is 321 g/mol. The molecule has 0 saturated carbocycles. The van der Waals surface area contributed by atoms with Crippen LogP contribution in [0.15, 0.2) is 36.4 Å². The molecular formula is C17H17ClFNOS. The van der Waals surface area contributed by atoms with Gasteiger partial charge in [0.05, 0.1) is 5.75 Å². The molecule has 2 rings (SSSR count). The number of halogens is 2. The molecule has 2 nitrogen and oxygen atoms in total. The topological polar surface area (TPSA) is 29.1 Å². The zero-order valence-corrected chi connectivity index (χ0v) is 14.0. The van der Waals surface area contributed by atoms with Crippen LogP contribution in [0, 0.1) is 19.7 Å². The molecule has 2 aromatic rings. The van der Waals surface area contributed by atoms with Crippen molar-refractivity contribution in [2.45, 2.75) is 19.6 Å². The molecule has 0 bridgehead atoms. The highest BCUT2D eigenvalue weighted by molar-refractivity contribution is 7.99. The first kappa shape index (κ1) is 16.8. The Labute approximate surface area is 139 Å². The molecule has 0 aliphatic heterocycles. The molecule has 0 spiro atoms. The summed E-state index contributed by atoms with van der Waals surface area (Å²) in [6.45, 7) is 3.91. The summed E-state index contributed by atoms with van der Waals surface area (Å²) in [5, 5.41) is 3.29. The van der Waals surface area contributed by atoms with Gasteiger partial charge in [0.2, 0.25) is 5.91 Å². The summed E-state index contributed by atoms with van der Waals surface area (Å²) in [6, 6.07) is 10.5. The van der Waals surface area contributed by atoms with Gasteiger partial charge in [-0.3, -0.25) is 4.79 Å². The van der Waals surface area contributed by atoms with Gasteiger partial charge >= 0.3 is 0 Å². The summed E-state index contributed by atoms with van der Waals surface area (Å²) in [7, 11) is 0. The highest BCUT2D eigenvalue weighted by Crippen LogP contribution is 2.21. The summed E-state index contributed by atoms with van der Waals surface area (Å²) in [5.74, 6) is 0.283. The molecule has 0 heterocycles. The number of hydrogen-bond donors (Lipinski definition) is 1. The van der Waals surface area contributed by atoms with Crippen LogP contribution in [0.3, 0.4) is 0 Å². The van der Waals surface area contributed by atoms with E-state index in [-0.39, 0.29) is 17.5 Å². The van der Waals surface area contributed by atoms with Crippen molar-refractivity contribution in [2.75, 3.05) is 11.1 Å². The number of thioether (sulfide) groups is 1. The van der Waals surface area contributed by atoms with Crippen molar-refractivity contribution in [3.8, 4) is 0 Å². The van der Waals surface area contributed by atoms with E-state index >= 15 is 0 Å². The van der Waals surface area contributed by atoms with Gasteiger partial charge in [-0.1, -0.05) is 35.9 Å². The van der Waals surface area contributed by atoms with Crippen LogP contribution in [-0.4, -0.2) is 11.7 Å². The Balaban J connectivity index is 1.88. The number of carbonyl (C=O) groups excluding carboxylic acids is 1. The van der Waals surface area contributed by atoms with Gasteiger partial charge in [-0.25, -0.2) is 4.39 Å². The van der Waals surface area contributed by atoms with Crippen molar-refractivity contribution < 1.29 is 9.18 Å². The van der Waals surface area contributed by atoms with Crippen molar-refractivity contribution in [1.29, 1.82) is 0 Å². The fourth-order valence-electron chi connectivity index (χ4n) is 2.08. The van der Waals surface area contributed by atoms with Crippen LogP contribution in [0.1, 0.15) is 16.7 Å². The molecule has 0 aromatic heterocycles. The van der Waals surface area contributed by atoms with Crippen LogP contribution in [0.2, 0.25) is 5.02 Å². The maximum Gasteiger partial charge on any atom is 0.234 e. The van der Waals surface area contributed by atoms with E-state index in [1.807, 2.05) is 32.0 Å². The molecule has 1 N–H and O–H groups in total. The second-order valence-corrected chi connectivity index (χ2v) is 6.47. The van der Waals surface area contributed by atoms with Gasteiger partial charge in [-0.15, -0.1) is 11.8 Å². The van der Waals surface area contributed by atoms with E-state index in [9.17, 15) is 9.18 Å². The quantitative estimate of drug-likeness (QED) is 0.834. The predicted molar refractivity (Wildman–Crippen MR) is 92.1 cm³/mol. The van der Waals surface area contributed by atoms with Crippen LogP contribution in [-0.2, 0) is 10.5 Å². The summed E-state index contributed by atoms with van der Waals surface area (Å²) < 4.78 is 13.6. The van der Waals surface area contributed by atoms with E-state index in [2.05, 4.69) is 5.32 Å². The largest absolute Gasteiger partial charge is 0.325 e. The fraction of sp³-hybridized carbons (Fsp3) is 0.235. The van der Waals surface area contributed by atoms with Crippen molar-refractivity contribution in [1.82, 2.24) is 0 Å². The number of hydrogen-bond acceptors (Lipinski definition) is 2. The van der Waals surface area contributed by atoms with Crippen LogP contribution < -0.4 is 5.32 Å². The number of rotatable bonds is 5. The van der Waals surface area contributed by atoms with Crippen LogP contribution in [0.25, 0.3) is 0 Å². The first-order chi connectivity index (χ1) is 10.5. The van der Waals surface area contributed by atoms with Crippen LogP contribution in [0.5, 0.6) is 0 Å². The number of nitrogens with one attached hydrogen (secondary N) is 1. The molecule has 0 aliphatic carbocycles. The van der Waals surface area contributed by atoms with Gasteiger partial charge in [-0.05, 0) is 42.7 Å². The van der Waals surface area contributed by atoms with Gasteiger partial charge in [0.1, 0.15) is 5.82 Å². The number of aryl methyl sites for hydroxylation is 2. The van der Waals surface area contributed by atoms with E-state index in [1.54, 1.807) is 12.1 Å². The molecule has 0 atom stereocenters. The van der Waals surface area contributed by atoms with E-state index in [0.717, 1.165) is 16.8 Å². The number of anilines is 1. The lowest BCUT2D eigenvalue weighted by atomic mass is 10.1. The van der Waals surface area contributed by atoms with Crippen LogP contribution >= 0.6 is 23.4 Å². The average Bonchev–Trinajstić information content (AvgIpc) is 2.45. The first-order valence-electron chi connectivity index (χ1n) is 6.85. The number of carbonyl (C=O) groups is 1. The molecule has 0 aliphatic rings. The van der Waals surface area contributed by atoms with E-state index in [4.69, 9.17) is 11.6 Å². The molecule has 22 heavy (non-hydrogen) atoms. The summed E-state index contributed by atoms with van der Waals surface area (Å²) in [6.07, 6.45) is 0. The second kappa shape index (κ2) is 7.65. The number of benzene rings is 2. The minimum atomic E-state index is -0.338. The van der Waals surface area contributed by atoms with Crippen LogP contribution in [0.4, 0.5) is 10.1 Å². The average molecular weight is 338 g/mol. The summed E-state index contributed by atoms with van der Waals surface area (Å²) in [5.41, 5.74) is 3.46. The molecule has 1 amide bonds. The van der Waals surface area contributed by atoms with Gasteiger partial charge in [-0.2, -0.15) is 0 Å². The summed E-state index contributed by atoms with van der Waals surface area (Å²) >= 11 is 7.08. The van der Waals surface area contributed by atoms with Crippen molar-refractivity contribution in [3.63, 3.8) is 0 Å². The van der Waals surface area contributed by atoms with E-state index < -0.39 is 0 Å².